The molecule has 1 aromatic rings. The molecule has 0 bridgehead atoms. The van der Waals surface area contributed by atoms with Crippen LogP contribution in [0.2, 0.25) is 0 Å². The molecule has 2 rings (SSSR count). The molecule has 1 atom stereocenters. The Bertz CT molecular complexity index is 474. The third-order valence-corrected chi connectivity index (χ3v) is 3.35. The lowest BCUT2D eigenvalue weighted by Crippen LogP contribution is -2.52. The van der Waals surface area contributed by atoms with Crippen molar-refractivity contribution in [3.05, 3.63) is 29.8 Å². The van der Waals surface area contributed by atoms with Crippen LogP contribution < -0.4 is 10.1 Å². The molecule has 0 aromatic heterocycles. The zero-order valence-corrected chi connectivity index (χ0v) is 12.5. The van der Waals surface area contributed by atoms with E-state index < -0.39 is 6.61 Å². The SMILES string of the molecule is CC1CNCCN1C(=O)Cc1ccccc1OC(F)F.Cl. The molecular weight excluding hydrogens is 302 g/mol. The summed E-state index contributed by atoms with van der Waals surface area (Å²) in [6, 6.07) is 6.53. The lowest BCUT2D eigenvalue weighted by Gasteiger charge is -2.34. The minimum Gasteiger partial charge on any atom is -0.435 e. The molecule has 1 amide bonds. The van der Waals surface area contributed by atoms with Crippen LogP contribution in [-0.4, -0.2) is 43.1 Å². The van der Waals surface area contributed by atoms with E-state index >= 15 is 0 Å². The normalized spacial score (nSPS) is 18.3. The maximum atomic E-state index is 12.3. The first-order valence-electron chi connectivity index (χ1n) is 6.61. The first-order valence-corrected chi connectivity index (χ1v) is 6.61. The van der Waals surface area contributed by atoms with Crippen molar-refractivity contribution in [2.75, 3.05) is 19.6 Å². The molecule has 0 aliphatic carbocycles. The van der Waals surface area contributed by atoms with E-state index in [4.69, 9.17) is 0 Å². The Kier molecular flexibility index (Phi) is 6.84. The van der Waals surface area contributed by atoms with Crippen molar-refractivity contribution in [1.82, 2.24) is 10.2 Å². The lowest BCUT2D eigenvalue weighted by molar-refractivity contribution is -0.133. The van der Waals surface area contributed by atoms with Crippen LogP contribution in [0.25, 0.3) is 0 Å². The predicted molar refractivity (Wildman–Crippen MR) is 78.1 cm³/mol. The average molecular weight is 321 g/mol. The Morgan fingerprint density at radius 2 is 2.19 bits per heavy atom. The number of para-hydroxylation sites is 1. The van der Waals surface area contributed by atoms with Gasteiger partial charge >= 0.3 is 6.61 Å². The Morgan fingerprint density at radius 1 is 1.48 bits per heavy atom. The highest BCUT2D eigenvalue weighted by atomic mass is 35.5. The molecule has 1 aliphatic rings. The third-order valence-electron chi connectivity index (χ3n) is 3.35. The number of carbonyl (C=O) groups excluding carboxylic acids is 1. The number of amides is 1. The monoisotopic (exact) mass is 320 g/mol. The van der Waals surface area contributed by atoms with Crippen LogP contribution in [0, 0.1) is 0 Å². The standard InChI is InChI=1S/C14H18F2N2O2.ClH/c1-10-9-17-6-7-18(10)13(19)8-11-4-2-3-5-12(11)20-14(15)16;/h2-5,10,14,17H,6-9H2,1H3;1H. The van der Waals surface area contributed by atoms with Crippen LogP contribution in [0.1, 0.15) is 12.5 Å². The number of piperazine rings is 1. The Balaban J connectivity index is 0.00000220. The van der Waals surface area contributed by atoms with Gasteiger partial charge in [0.05, 0.1) is 6.42 Å². The minimum atomic E-state index is -2.88. The molecule has 1 heterocycles. The summed E-state index contributed by atoms with van der Waals surface area (Å²) in [6.45, 7) is 1.22. The highest BCUT2D eigenvalue weighted by Gasteiger charge is 2.24. The van der Waals surface area contributed by atoms with Gasteiger partial charge in [-0.15, -0.1) is 12.4 Å². The van der Waals surface area contributed by atoms with Crippen molar-refractivity contribution in [3.8, 4) is 5.75 Å². The summed E-state index contributed by atoms with van der Waals surface area (Å²) in [4.78, 5) is 14.0. The summed E-state index contributed by atoms with van der Waals surface area (Å²) in [5.41, 5.74) is 0.489. The molecule has 21 heavy (non-hydrogen) atoms. The maximum absolute atomic E-state index is 12.3. The molecule has 0 radical (unpaired) electrons. The van der Waals surface area contributed by atoms with Crippen LogP contribution in [0.3, 0.4) is 0 Å². The Morgan fingerprint density at radius 3 is 2.86 bits per heavy atom. The zero-order chi connectivity index (χ0) is 14.5. The predicted octanol–water partition coefficient (Wildman–Crippen LogP) is 2.07. The molecule has 1 unspecified atom stereocenters. The summed E-state index contributed by atoms with van der Waals surface area (Å²) in [6.07, 6.45) is 0.0766. The lowest BCUT2D eigenvalue weighted by atomic mass is 10.1. The van der Waals surface area contributed by atoms with Crippen molar-refractivity contribution in [2.24, 2.45) is 0 Å². The van der Waals surface area contributed by atoms with Gasteiger partial charge in [0, 0.05) is 31.2 Å². The van der Waals surface area contributed by atoms with E-state index in [-0.39, 0.29) is 36.5 Å². The minimum absolute atomic E-state index is 0. The van der Waals surface area contributed by atoms with Crippen LogP contribution >= 0.6 is 12.4 Å². The number of rotatable bonds is 4. The number of hydrogen-bond donors (Lipinski definition) is 1. The van der Waals surface area contributed by atoms with Crippen molar-refractivity contribution < 1.29 is 18.3 Å². The van der Waals surface area contributed by atoms with Gasteiger partial charge in [0.2, 0.25) is 5.91 Å². The van der Waals surface area contributed by atoms with Crippen molar-refractivity contribution in [1.29, 1.82) is 0 Å². The number of halogens is 3. The number of carbonyl (C=O) groups is 1. The van der Waals surface area contributed by atoms with E-state index in [2.05, 4.69) is 10.1 Å². The highest BCUT2D eigenvalue weighted by Crippen LogP contribution is 2.21. The van der Waals surface area contributed by atoms with Crippen LogP contribution in [0.15, 0.2) is 24.3 Å². The first-order chi connectivity index (χ1) is 9.58. The topological polar surface area (TPSA) is 41.6 Å². The molecule has 1 N–H and O–H groups in total. The molecule has 7 heteroatoms. The molecule has 118 valence electrons. The smallest absolute Gasteiger partial charge is 0.387 e. The van der Waals surface area contributed by atoms with Gasteiger partial charge in [-0.05, 0) is 13.0 Å². The van der Waals surface area contributed by atoms with Gasteiger partial charge in [0.1, 0.15) is 5.75 Å². The summed E-state index contributed by atoms with van der Waals surface area (Å²) < 4.78 is 29.1. The molecule has 0 spiro atoms. The zero-order valence-electron chi connectivity index (χ0n) is 11.7. The number of ether oxygens (including phenoxy) is 1. The van der Waals surface area contributed by atoms with Crippen LogP contribution in [-0.2, 0) is 11.2 Å². The van der Waals surface area contributed by atoms with Crippen LogP contribution in [0.4, 0.5) is 8.78 Å². The number of nitrogens with one attached hydrogen (secondary N) is 1. The van der Waals surface area contributed by atoms with Crippen LogP contribution in [0.5, 0.6) is 5.75 Å². The van der Waals surface area contributed by atoms with Gasteiger partial charge in [-0.1, -0.05) is 18.2 Å². The largest absolute Gasteiger partial charge is 0.435 e. The molecule has 1 fully saturated rings. The second kappa shape index (κ2) is 8.14. The van der Waals surface area contributed by atoms with E-state index in [1.165, 1.54) is 6.07 Å². The fourth-order valence-electron chi connectivity index (χ4n) is 2.34. The second-order valence-corrected chi connectivity index (χ2v) is 4.80. The average Bonchev–Trinajstić information content (AvgIpc) is 2.41. The van der Waals surface area contributed by atoms with Gasteiger partial charge in [-0.3, -0.25) is 4.79 Å². The summed E-state index contributed by atoms with van der Waals surface area (Å²) in [5.74, 6) is 0.00274. The van der Waals surface area contributed by atoms with Crippen molar-refractivity contribution in [3.63, 3.8) is 0 Å². The third kappa shape index (κ3) is 4.82. The number of alkyl halides is 2. The molecule has 1 aliphatic heterocycles. The van der Waals surface area contributed by atoms with Gasteiger partial charge < -0.3 is 15.0 Å². The summed E-state index contributed by atoms with van der Waals surface area (Å²) >= 11 is 0. The highest BCUT2D eigenvalue weighted by molar-refractivity contribution is 5.85. The van der Waals surface area contributed by atoms with E-state index in [9.17, 15) is 13.6 Å². The van der Waals surface area contributed by atoms with E-state index in [1.54, 1.807) is 23.1 Å². The van der Waals surface area contributed by atoms with E-state index in [1.807, 2.05) is 6.92 Å². The molecule has 0 saturated carbocycles. The molecular formula is C14H19ClF2N2O2. The van der Waals surface area contributed by atoms with Crippen molar-refractivity contribution >= 4 is 18.3 Å². The summed E-state index contributed by atoms with van der Waals surface area (Å²) in [5, 5.41) is 3.20. The van der Waals surface area contributed by atoms with Gasteiger partial charge in [-0.2, -0.15) is 8.78 Å². The number of hydrogen-bond acceptors (Lipinski definition) is 3. The maximum Gasteiger partial charge on any atom is 0.387 e. The summed E-state index contributed by atoms with van der Waals surface area (Å²) in [7, 11) is 0. The van der Waals surface area contributed by atoms with E-state index in [0.29, 0.717) is 12.1 Å². The van der Waals surface area contributed by atoms with Gasteiger partial charge in [-0.25, -0.2) is 0 Å². The molecule has 4 nitrogen and oxygen atoms in total. The number of benzene rings is 1. The molecule has 1 saturated heterocycles. The Labute approximate surface area is 128 Å². The first kappa shape index (κ1) is 17.7. The fraction of sp³-hybridized carbons (Fsp3) is 0.500. The van der Waals surface area contributed by atoms with E-state index in [0.717, 1.165) is 13.1 Å². The Hall–Kier alpha value is -1.40. The van der Waals surface area contributed by atoms with Crippen molar-refractivity contribution in [2.45, 2.75) is 26.0 Å². The van der Waals surface area contributed by atoms with Gasteiger partial charge in [0.25, 0.3) is 0 Å². The second-order valence-electron chi connectivity index (χ2n) is 4.80. The quantitative estimate of drug-likeness (QED) is 0.923. The molecule has 1 aromatic carbocycles. The van der Waals surface area contributed by atoms with Gasteiger partial charge in [0.15, 0.2) is 0 Å². The number of nitrogens with zero attached hydrogens (tertiary/aromatic N) is 1. The fourth-order valence-corrected chi connectivity index (χ4v) is 2.34.